The molecule has 0 saturated carbocycles. The van der Waals surface area contributed by atoms with Gasteiger partial charge in [0.1, 0.15) is 16.5 Å². The van der Waals surface area contributed by atoms with Crippen molar-refractivity contribution in [2.24, 2.45) is 0 Å². The van der Waals surface area contributed by atoms with Crippen LogP contribution in [0.5, 0.6) is 0 Å². The molecule has 0 aliphatic carbocycles. The largest absolute Gasteiger partial charge is 0.280 e. The van der Waals surface area contributed by atoms with Crippen molar-refractivity contribution in [3.05, 3.63) is 234 Å². The summed E-state index contributed by atoms with van der Waals surface area (Å²) >= 11 is 5.61. The number of hydrogen-bond donors (Lipinski definition) is 0. The summed E-state index contributed by atoms with van der Waals surface area (Å²) in [6, 6.07) is 26.5. The predicted molar refractivity (Wildman–Crippen MR) is 383 cm³/mol. The maximum Gasteiger partial charge on any atom is 0.241 e. The fourth-order valence-electron chi connectivity index (χ4n) is 9.35. The van der Waals surface area contributed by atoms with Crippen molar-refractivity contribution in [3.8, 4) is 0 Å². The lowest BCUT2D eigenvalue weighted by atomic mass is 10.1. The van der Waals surface area contributed by atoms with Crippen molar-refractivity contribution in [3.63, 3.8) is 0 Å². The van der Waals surface area contributed by atoms with Crippen LogP contribution in [0.25, 0.3) is 0 Å². The van der Waals surface area contributed by atoms with E-state index in [1.165, 1.54) is 48.5 Å². The van der Waals surface area contributed by atoms with Crippen LogP contribution in [0.3, 0.4) is 0 Å². The number of fused-ring (bicyclic) bond motifs is 8. The first-order chi connectivity index (χ1) is 49.8. The fraction of sp³-hybridized carbons (Fsp3) is 0.0508. The summed E-state index contributed by atoms with van der Waals surface area (Å²) in [6.07, 6.45) is 0. The summed E-state index contributed by atoms with van der Waals surface area (Å²) in [7, 11) is -27.8. The normalized spacial score (nSPS) is 18.5. The molecule has 0 fully saturated rings. The van der Waals surface area contributed by atoms with Crippen molar-refractivity contribution < 1.29 is 141 Å². The molecule has 24 nitrogen and oxygen atoms in total. The molecule has 0 spiro atoms. The number of carbonyl (C=O) groups is 8. The Kier molecular flexibility index (Phi) is 24.8. The van der Waals surface area contributed by atoms with Crippen LogP contribution < -0.4 is 0 Å². The summed E-state index contributed by atoms with van der Waals surface area (Å²) in [5.41, 5.74) is 1.51. The van der Waals surface area contributed by atoms with Gasteiger partial charge in [-0.2, -0.15) is 0 Å². The van der Waals surface area contributed by atoms with Crippen molar-refractivity contribution in [2.75, 3.05) is 0 Å². The number of benzene rings is 8. The Balaban J connectivity index is 0.000000143. The molecule has 0 N–H and O–H groups in total. The van der Waals surface area contributed by atoms with E-state index in [0.29, 0.717) is 88.1 Å². The lowest BCUT2D eigenvalue weighted by molar-refractivity contribution is 0.107. The average molecular weight is 1820 g/mol. The van der Waals surface area contributed by atoms with E-state index < -0.39 is 158 Å². The van der Waals surface area contributed by atoms with Gasteiger partial charge in [-0.3, -0.25) is 38.4 Å². The number of hydrogen-bond acceptors (Lipinski definition) is 32. The van der Waals surface area contributed by atoms with Crippen molar-refractivity contribution in [1.82, 2.24) is 0 Å². The standard InChI is InChI=1S/C9H8O3S2.C8H6O3S2.C7H3ClO3S2.C7F4O3S2.C7H2F2O3S2.2C7H3FO3S2.C7H4O3S2/c1-5-3-4-7-8(6(5)2)14(11,12)13-9(7)10;1-5-3-2-4-6-7(5)13(10,11)12-8(6)9;8-4-1-2-5-6(3-4)13(10,11)12-7(5)9;8-2-1-6(5(11)4(10)3(2)9)16(13,14)15-7(1)12;8-4-1-3-6(2-5(4)9)14(11,12)13-7(3)10;8-4-1-2-5-6(3-4)13(10,11)12-7(5)9;8-4-2-1-3-5-6(4)7(9)12-13(5,10)11;8-7-5-3-1-2-4-6(5)12(9,10)11-7/h3-4H,1-2H3;2-4H,1H3;1-3H;;1-2H;2*1-3H;1-4H. The Hall–Kier alpha value is -6.75. The molecule has 0 unspecified atom stereocenters. The zero-order valence-electron chi connectivity index (χ0n) is 52.3. The average Bonchev–Trinajstić information content (AvgIpc) is 1.56. The maximum atomic E-state index is 13.1. The predicted octanol–water partition coefficient (Wildman–Crippen LogP) is 12.8. The maximum absolute atomic E-state index is 13.1. The van der Waals surface area contributed by atoms with Gasteiger partial charge < -0.3 is 0 Å². The van der Waals surface area contributed by atoms with Crippen LogP contribution >= 0.6 is 98.0 Å². The molecule has 108 heavy (non-hydrogen) atoms. The topological polar surface area (TPSA) is 410 Å². The summed E-state index contributed by atoms with van der Waals surface area (Å²) in [5, 5.41) is -4.69. The molecule has 0 atom stereocenters. The molecule has 568 valence electrons. The van der Waals surface area contributed by atoms with Gasteiger partial charge in [0.25, 0.3) is 0 Å². The second-order valence-corrected chi connectivity index (χ2v) is 51.0. The third-order valence-corrected chi connectivity index (χ3v) is 39.6. The van der Waals surface area contributed by atoms with Crippen LogP contribution in [0, 0.1) is 67.3 Å². The van der Waals surface area contributed by atoms with Crippen molar-refractivity contribution >= 4 is 210 Å². The fourth-order valence-corrected chi connectivity index (χ4v) is 33.4. The number of rotatable bonds is 0. The molecule has 0 amide bonds. The highest BCUT2D eigenvalue weighted by molar-refractivity contribution is 8.81. The van der Waals surface area contributed by atoms with Crippen LogP contribution in [0.4, 0.5) is 35.1 Å². The van der Waals surface area contributed by atoms with Crippen molar-refractivity contribution in [1.29, 1.82) is 0 Å². The van der Waals surface area contributed by atoms with Crippen LogP contribution in [0.15, 0.2) is 160 Å². The molecule has 0 aromatic heterocycles. The Morgan fingerprint density at radius 3 is 1.19 bits per heavy atom. The van der Waals surface area contributed by atoms with E-state index in [1.807, 2.05) is 6.92 Å². The molecule has 8 aliphatic rings. The molecule has 0 radical (unpaired) electrons. The highest BCUT2D eigenvalue weighted by atomic mass is 35.5. The van der Waals surface area contributed by atoms with Gasteiger partial charge in [0, 0.05) is 32.8 Å². The van der Waals surface area contributed by atoms with E-state index in [2.05, 4.69) is 0 Å². The number of aryl methyl sites for hydroxylation is 2. The highest BCUT2D eigenvalue weighted by Crippen LogP contribution is 2.46. The third kappa shape index (κ3) is 17.3. The zero-order chi connectivity index (χ0) is 80.6. The zero-order valence-corrected chi connectivity index (χ0v) is 66.1. The van der Waals surface area contributed by atoms with Crippen LogP contribution in [0.2, 0.25) is 5.02 Å². The number of halogens is 9. The summed E-state index contributed by atoms with van der Waals surface area (Å²) in [4.78, 5) is 87.1. The molecule has 0 bridgehead atoms. The minimum absolute atomic E-state index is 0.0231. The second kappa shape index (κ2) is 31.4. The molecular weight excluding hydrogens is 1790 g/mol. The Labute approximate surface area is 638 Å². The molecule has 8 heterocycles. The summed E-state index contributed by atoms with van der Waals surface area (Å²) in [6.45, 7) is 5.25. The monoisotopic (exact) mass is 1820 g/mol. The molecular formula is C59H29ClF8O24S16. The molecule has 8 aromatic rings. The van der Waals surface area contributed by atoms with Gasteiger partial charge in [-0.1, -0.05) is 48.0 Å². The molecule has 8 aliphatic heterocycles. The van der Waals surface area contributed by atoms with Gasteiger partial charge in [0.2, 0.25) is 112 Å². The first-order valence-corrected chi connectivity index (χ1v) is 50.6. The lowest BCUT2D eigenvalue weighted by Crippen LogP contribution is -2.07. The molecule has 16 rings (SSSR count). The van der Waals surface area contributed by atoms with Gasteiger partial charge in [-0.25, -0.2) is 102 Å². The first kappa shape index (κ1) is 85.3. The lowest BCUT2D eigenvalue weighted by Gasteiger charge is -2.03. The minimum Gasteiger partial charge on any atom is -0.280 e. The minimum atomic E-state index is -4.50. The summed E-state index contributed by atoms with van der Waals surface area (Å²) in [5.74, 6) is -12.5. The molecule has 0 saturated heterocycles. The first-order valence-electron chi connectivity index (χ1n) is 27.7. The van der Waals surface area contributed by atoms with Gasteiger partial charge in [0.15, 0.2) is 34.9 Å². The van der Waals surface area contributed by atoms with Crippen LogP contribution in [-0.2, 0) is 71.0 Å². The van der Waals surface area contributed by atoms with E-state index in [0.717, 1.165) is 23.8 Å². The molecule has 49 heteroatoms. The third-order valence-electron chi connectivity index (χ3n) is 14.2. The van der Waals surface area contributed by atoms with E-state index in [4.69, 9.17) is 11.6 Å². The number of carbonyl (C=O) groups excluding carboxylic acids is 8. The Bertz CT molecular complexity index is 6300. The van der Waals surface area contributed by atoms with E-state index in [-0.39, 0.29) is 110 Å². The van der Waals surface area contributed by atoms with E-state index in [9.17, 15) is 141 Å². The van der Waals surface area contributed by atoms with Gasteiger partial charge in [-0.15, -0.1) is 0 Å². The smallest absolute Gasteiger partial charge is 0.241 e. The highest BCUT2D eigenvalue weighted by Gasteiger charge is 2.45. The Morgan fingerprint density at radius 2 is 0.639 bits per heavy atom. The SMILES string of the molecule is Cc1ccc2c(c1C)S(=O)(=O)SC2=O.Cc1cccc2c1S(=O)(=O)SC2=O.O=C1SS(=O)(=O)c2c(F)c(F)c(F)c(F)c21.O=C1SS(=O)(=O)c2cc(Cl)ccc21.O=C1SS(=O)(=O)c2cc(F)c(F)cc21.O=C1SS(=O)(=O)c2cc(F)ccc21.O=C1SS(=O)(=O)c2cccc(F)c21.O=C1SS(=O)(=O)c2ccccc21. The quantitative estimate of drug-likeness (QED) is 0.0589. The van der Waals surface area contributed by atoms with Crippen molar-refractivity contribution in [2.45, 2.75) is 59.9 Å². The second-order valence-electron chi connectivity index (χ2n) is 21.0. The van der Waals surface area contributed by atoms with Gasteiger partial charge in [-0.05, 0) is 122 Å². The van der Waals surface area contributed by atoms with Crippen LogP contribution in [-0.4, -0.2) is 108 Å². The van der Waals surface area contributed by atoms with E-state index in [1.54, 1.807) is 56.3 Å². The van der Waals surface area contributed by atoms with E-state index >= 15 is 0 Å². The van der Waals surface area contributed by atoms with Gasteiger partial charge in [0.05, 0.1) is 137 Å². The summed E-state index contributed by atoms with van der Waals surface area (Å²) < 4.78 is 283. The van der Waals surface area contributed by atoms with Gasteiger partial charge >= 0.3 is 0 Å². The Morgan fingerprint density at radius 1 is 0.269 bits per heavy atom. The molecule has 8 aromatic carbocycles. The van der Waals surface area contributed by atoms with Crippen LogP contribution in [0.1, 0.15) is 99.6 Å².